The molecule has 0 amide bonds. The van der Waals surface area contributed by atoms with E-state index in [4.69, 9.17) is 4.74 Å². The molecule has 0 radical (unpaired) electrons. The number of methoxy groups -OCH3 is 1. The quantitative estimate of drug-likeness (QED) is 0.831. The summed E-state index contributed by atoms with van der Waals surface area (Å²) in [6.07, 6.45) is 1.17. The van der Waals surface area contributed by atoms with Crippen LogP contribution < -0.4 is 5.32 Å². The van der Waals surface area contributed by atoms with E-state index in [1.54, 1.807) is 18.4 Å². The summed E-state index contributed by atoms with van der Waals surface area (Å²) in [6, 6.07) is 0.329. The van der Waals surface area contributed by atoms with Gasteiger partial charge in [0.2, 0.25) is 0 Å². The Morgan fingerprint density at radius 2 is 2.19 bits per heavy atom. The lowest BCUT2D eigenvalue weighted by Gasteiger charge is -2.28. The summed E-state index contributed by atoms with van der Waals surface area (Å²) >= 11 is 1.73. The Balaban J connectivity index is 2.67. The van der Waals surface area contributed by atoms with Crippen LogP contribution >= 0.6 is 11.3 Å². The normalized spacial score (nSPS) is 15.4. The predicted molar refractivity (Wildman–Crippen MR) is 69.0 cm³/mol. The zero-order valence-electron chi connectivity index (χ0n) is 10.8. The van der Waals surface area contributed by atoms with Crippen LogP contribution in [0.25, 0.3) is 0 Å². The Labute approximate surface area is 102 Å². The number of likely N-dealkylation sites (N-methyl/N-ethyl adjacent to an activating group) is 1. The summed E-state index contributed by atoms with van der Waals surface area (Å²) in [5, 5.41) is 6.61. The molecule has 4 heteroatoms. The maximum Gasteiger partial charge on any atom is 0.0944 e. The van der Waals surface area contributed by atoms with Crippen LogP contribution in [-0.4, -0.2) is 31.3 Å². The minimum Gasteiger partial charge on any atom is -0.380 e. The fourth-order valence-electron chi connectivity index (χ4n) is 1.97. The second-order valence-electron chi connectivity index (χ2n) is 4.43. The third-order valence-corrected chi connectivity index (χ3v) is 3.75. The van der Waals surface area contributed by atoms with Gasteiger partial charge in [-0.05, 0) is 19.9 Å². The fraction of sp³-hybridized carbons (Fsp3) is 0.750. The highest BCUT2D eigenvalue weighted by Crippen LogP contribution is 2.17. The van der Waals surface area contributed by atoms with Crippen LogP contribution in [0.5, 0.6) is 0 Å². The van der Waals surface area contributed by atoms with Crippen LogP contribution in [0, 0.1) is 12.8 Å². The zero-order chi connectivity index (χ0) is 12.1. The average molecular weight is 242 g/mol. The van der Waals surface area contributed by atoms with Gasteiger partial charge in [0.15, 0.2) is 0 Å². The largest absolute Gasteiger partial charge is 0.380 e. The molecule has 1 aromatic heterocycles. The smallest absolute Gasteiger partial charge is 0.0944 e. The minimum atomic E-state index is 0.231. The van der Waals surface area contributed by atoms with E-state index < -0.39 is 0 Å². The summed E-state index contributed by atoms with van der Waals surface area (Å²) in [5.74, 6) is 0.503. The number of thiazole rings is 1. The van der Waals surface area contributed by atoms with E-state index in [0.29, 0.717) is 12.0 Å². The maximum atomic E-state index is 5.56. The second-order valence-corrected chi connectivity index (χ2v) is 5.37. The first kappa shape index (κ1) is 13.6. The van der Waals surface area contributed by atoms with Crippen LogP contribution in [0.2, 0.25) is 0 Å². The number of hydrogen-bond donors (Lipinski definition) is 1. The number of rotatable bonds is 6. The highest BCUT2D eigenvalue weighted by Gasteiger charge is 2.24. The number of ether oxygens (including phenoxy) is 1. The van der Waals surface area contributed by atoms with E-state index in [1.807, 2.05) is 14.0 Å². The molecular formula is C12H22N2OS. The standard InChI is InChI=1S/C12H22N2OS/c1-8(2)12(15-5)10(13-4)6-11-14-9(3)7-16-11/h7-8,10,12-13H,6H2,1-5H3. The van der Waals surface area contributed by atoms with Gasteiger partial charge in [-0.15, -0.1) is 11.3 Å². The van der Waals surface area contributed by atoms with E-state index in [1.165, 1.54) is 5.01 Å². The van der Waals surface area contributed by atoms with Crippen molar-refractivity contribution in [3.8, 4) is 0 Å². The second kappa shape index (κ2) is 6.33. The lowest BCUT2D eigenvalue weighted by atomic mass is 9.97. The number of aromatic nitrogens is 1. The van der Waals surface area contributed by atoms with Crippen molar-refractivity contribution in [1.29, 1.82) is 0 Å². The highest BCUT2D eigenvalue weighted by atomic mass is 32.1. The van der Waals surface area contributed by atoms with Gasteiger partial charge in [0.25, 0.3) is 0 Å². The van der Waals surface area contributed by atoms with E-state index in [0.717, 1.165) is 12.1 Å². The monoisotopic (exact) mass is 242 g/mol. The molecule has 1 aromatic rings. The van der Waals surface area contributed by atoms with Gasteiger partial charge in [0.1, 0.15) is 0 Å². The molecule has 0 aromatic carbocycles. The van der Waals surface area contributed by atoms with E-state index in [2.05, 4.69) is 29.5 Å². The van der Waals surface area contributed by atoms with Crippen molar-refractivity contribution < 1.29 is 4.74 Å². The lowest BCUT2D eigenvalue weighted by molar-refractivity contribution is 0.0354. The molecule has 0 spiro atoms. The van der Waals surface area contributed by atoms with Crippen LogP contribution in [0.15, 0.2) is 5.38 Å². The van der Waals surface area contributed by atoms with E-state index in [-0.39, 0.29) is 6.10 Å². The Morgan fingerprint density at radius 1 is 1.50 bits per heavy atom. The number of aryl methyl sites for hydroxylation is 1. The molecule has 1 rings (SSSR count). The van der Waals surface area contributed by atoms with E-state index >= 15 is 0 Å². The number of nitrogens with one attached hydrogen (secondary N) is 1. The third-order valence-electron chi connectivity index (χ3n) is 2.76. The van der Waals surface area contributed by atoms with Crippen molar-refractivity contribution in [2.75, 3.05) is 14.2 Å². The summed E-state index contributed by atoms with van der Waals surface area (Å²) in [7, 11) is 3.77. The van der Waals surface area contributed by atoms with Crippen LogP contribution in [-0.2, 0) is 11.2 Å². The van der Waals surface area contributed by atoms with E-state index in [9.17, 15) is 0 Å². The Morgan fingerprint density at radius 3 is 2.56 bits per heavy atom. The molecule has 2 atom stereocenters. The zero-order valence-corrected chi connectivity index (χ0v) is 11.6. The van der Waals surface area contributed by atoms with Crippen LogP contribution in [0.3, 0.4) is 0 Å². The average Bonchev–Trinajstić information content (AvgIpc) is 2.63. The van der Waals surface area contributed by atoms with Crippen molar-refractivity contribution in [2.24, 2.45) is 5.92 Å². The molecule has 0 aliphatic rings. The van der Waals surface area contributed by atoms with Crippen molar-refractivity contribution >= 4 is 11.3 Å². The molecule has 0 aliphatic heterocycles. The molecule has 0 fully saturated rings. The minimum absolute atomic E-state index is 0.231. The van der Waals surface area contributed by atoms with Gasteiger partial charge in [-0.1, -0.05) is 13.8 Å². The van der Waals surface area contributed by atoms with Crippen molar-refractivity contribution in [3.63, 3.8) is 0 Å². The van der Waals surface area contributed by atoms with Crippen molar-refractivity contribution in [2.45, 2.75) is 39.3 Å². The molecule has 16 heavy (non-hydrogen) atoms. The fourth-order valence-corrected chi connectivity index (χ4v) is 2.80. The molecular weight excluding hydrogens is 220 g/mol. The first-order chi connectivity index (χ1) is 7.58. The third kappa shape index (κ3) is 3.54. The van der Waals surface area contributed by atoms with Gasteiger partial charge in [-0.25, -0.2) is 4.98 Å². The van der Waals surface area contributed by atoms with Gasteiger partial charge in [-0.3, -0.25) is 0 Å². The van der Waals surface area contributed by atoms with Crippen molar-refractivity contribution in [1.82, 2.24) is 10.3 Å². The van der Waals surface area contributed by atoms with Gasteiger partial charge >= 0.3 is 0 Å². The van der Waals surface area contributed by atoms with Gasteiger partial charge in [-0.2, -0.15) is 0 Å². The van der Waals surface area contributed by atoms with Crippen molar-refractivity contribution in [3.05, 3.63) is 16.1 Å². The van der Waals surface area contributed by atoms with Crippen LogP contribution in [0.4, 0.5) is 0 Å². The number of hydrogen-bond acceptors (Lipinski definition) is 4. The maximum absolute atomic E-state index is 5.56. The number of nitrogens with zero attached hydrogens (tertiary/aromatic N) is 1. The van der Waals surface area contributed by atoms with Gasteiger partial charge in [0, 0.05) is 30.6 Å². The molecule has 0 bridgehead atoms. The predicted octanol–water partition coefficient (Wildman–Crippen LogP) is 2.25. The Bertz CT molecular complexity index is 312. The van der Waals surface area contributed by atoms with Gasteiger partial charge < -0.3 is 10.1 Å². The first-order valence-electron chi connectivity index (χ1n) is 5.69. The Kier molecular flexibility index (Phi) is 5.38. The molecule has 92 valence electrons. The summed E-state index contributed by atoms with van der Waals surface area (Å²) in [5.41, 5.74) is 1.10. The summed E-state index contributed by atoms with van der Waals surface area (Å²) in [4.78, 5) is 4.50. The topological polar surface area (TPSA) is 34.2 Å². The lowest BCUT2D eigenvalue weighted by Crippen LogP contribution is -2.43. The summed E-state index contributed by atoms with van der Waals surface area (Å²) in [6.45, 7) is 6.40. The molecule has 2 unspecified atom stereocenters. The Hall–Kier alpha value is -0.450. The summed E-state index contributed by atoms with van der Waals surface area (Å²) < 4.78 is 5.56. The molecule has 3 nitrogen and oxygen atoms in total. The molecule has 0 saturated carbocycles. The molecule has 0 aliphatic carbocycles. The molecule has 1 N–H and O–H groups in total. The molecule has 0 saturated heterocycles. The van der Waals surface area contributed by atoms with Crippen LogP contribution in [0.1, 0.15) is 24.5 Å². The van der Waals surface area contributed by atoms with Gasteiger partial charge in [0.05, 0.1) is 11.1 Å². The first-order valence-corrected chi connectivity index (χ1v) is 6.57. The SMILES string of the molecule is CNC(Cc1nc(C)cs1)C(OC)C(C)C. The highest BCUT2D eigenvalue weighted by molar-refractivity contribution is 7.09. The molecule has 1 heterocycles.